The maximum absolute atomic E-state index is 12.5. The number of fused-ring (bicyclic) bond motifs is 2. The summed E-state index contributed by atoms with van der Waals surface area (Å²) in [5.74, 6) is 0.831. The third kappa shape index (κ3) is 6.57. The van der Waals surface area contributed by atoms with Crippen LogP contribution in [0.25, 0.3) is 0 Å². The third-order valence-corrected chi connectivity index (χ3v) is 8.75. The van der Waals surface area contributed by atoms with E-state index in [0.717, 1.165) is 30.0 Å². The van der Waals surface area contributed by atoms with Gasteiger partial charge in [-0.2, -0.15) is 0 Å². The van der Waals surface area contributed by atoms with Crippen molar-refractivity contribution in [2.45, 2.75) is 59.3 Å². The highest BCUT2D eigenvalue weighted by molar-refractivity contribution is 5.81. The number of nitrogens with zero attached hydrogens (tertiary/aromatic N) is 3. The molecule has 7 heteroatoms. The predicted molar refractivity (Wildman–Crippen MR) is 181 cm³/mol. The van der Waals surface area contributed by atoms with E-state index in [1.807, 2.05) is 37.3 Å². The zero-order valence-corrected chi connectivity index (χ0v) is 26.5. The van der Waals surface area contributed by atoms with Gasteiger partial charge in [0.15, 0.2) is 6.61 Å². The Hall–Kier alpha value is -4.39. The van der Waals surface area contributed by atoms with Gasteiger partial charge in [-0.25, -0.2) is 0 Å². The summed E-state index contributed by atoms with van der Waals surface area (Å²) in [6.45, 7) is 10.3. The van der Waals surface area contributed by atoms with Crippen LogP contribution in [0.2, 0.25) is 0 Å². The Kier molecular flexibility index (Phi) is 8.82. The zero-order chi connectivity index (χ0) is 30.6. The van der Waals surface area contributed by atoms with E-state index in [9.17, 15) is 4.79 Å². The second kappa shape index (κ2) is 13.1. The number of hydrogen-bond acceptors (Lipinski definition) is 6. The van der Waals surface area contributed by atoms with Gasteiger partial charge in [0.25, 0.3) is 5.91 Å². The molecule has 3 aromatic rings. The molecule has 3 aliphatic heterocycles. The number of piperidine rings is 1. The average Bonchev–Trinajstić information content (AvgIpc) is 3.61. The molecular formula is C37H45N5O2. The maximum Gasteiger partial charge on any atom is 0.262 e. The van der Waals surface area contributed by atoms with Gasteiger partial charge >= 0.3 is 0 Å². The van der Waals surface area contributed by atoms with Crippen molar-refractivity contribution in [1.29, 1.82) is 0 Å². The SMILES string of the molecule is C/C=C\C(=C/C(C)C)NC(=O)COc1ccc(C2Nc3ccc(N4Cc5ccc(N6CCCCC6)cc5C4)cc3N2C)cc1. The lowest BCUT2D eigenvalue weighted by Crippen LogP contribution is -2.29. The summed E-state index contributed by atoms with van der Waals surface area (Å²) in [5.41, 5.74) is 9.76. The fourth-order valence-electron chi connectivity index (χ4n) is 6.50. The molecule has 44 heavy (non-hydrogen) atoms. The zero-order valence-electron chi connectivity index (χ0n) is 26.5. The van der Waals surface area contributed by atoms with Crippen LogP contribution in [0.1, 0.15) is 62.9 Å². The summed E-state index contributed by atoms with van der Waals surface area (Å²) in [6.07, 6.45) is 9.80. The number of allylic oxidation sites excluding steroid dienone is 3. The van der Waals surface area contributed by atoms with Crippen molar-refractivity contribution < 1.29 is 9.53 Å². The highest BCUT2D eigenvalue weighted by Gasteiger charge is 2.29. The lowest BCUT2D eigenvalue weighted by atomic mass is 10.1. The first-order valence-electron chi connectivity index (χ1n) is 16.0. The maximum atomic E-state index is 12.5. The molecule has 7 nitrogen and oxygen atoms in total. The lowest BCUT2D eigenvalue weighted by Gasteiger charge is -2.29. The minimum Gasteiger partial charge on any atom is -0.484 e. The Bertz CT molecular complexity index is 1540. The molecule has 2 N–H and O–H groups in total. The molecule has 1 amide bonds. The number of nitrogens with one attached hydrogen (secondary N) is 2. The topological polar surface area (TPSA) is 60.1 Å². The van der Waals surface area contributed by atoms with E-state index in [-0.39, 0.29) is 18.7 Å². The van der Waals surface area contributed by atoms with Crippen LogP contribution in [-0.4, -0.2) is 32.7 Å². The molecule has 230 valence electrons. The molecule has 0 bridgehead atoms. The number of benzene rings is 3. The van der Waals surface area contributed by atoms with Gasteiger partial charge in [-0.05, 0) is 97.3 Å². The van der Waals surface area contributed by atoms with Crippen LogP contribution in [0.4, 0.5) is 22.7 Å². The molecule has 1 unspecified atom stereocenters. The molecule has 3 heterocycles. The Labute approximate surface area is 262 Å². The van der Waals surface area contributed by atoms with E-state index in [4.69, 9.17) is 4.74 Å². The van der Waals surface area contributed by atoms with Crippen molar-refractivity contribution in [2.24, 2.45) is 5.92 Å². The second-order valence-corrected chi connectivity index (χ2v) is 12.5. The lowest BCUT2D eigenvalue weighted by molar-refractivity contribution is -0.122. The molecule has 0 aromatic heterocycles. The average molecular weight is 592 g/mol. The molecule has 3 aromatic carbocycles. The van der Waals surface area contributed by atoms with Crippen LogP contribution in [0.3, 0.4) is 0 Å². The summed E-state index contributed by atoms with van der Waals surface area (Å²) in [4.78, 5) is 19.8. The van der Waals surface area contributed by atoms with Gasteiger partial charge in [0.1, 0.15) is 11.9 Å². The van der Waals surface area contributed by atoms with Gasteiger partial charge in [0.2, 0.25) is 0 Å². The van der Waals surface area contributed by atoms with Crippen LogP contribution in [-0.2, 0) is 17.9 Å². The Morgan fingerprint density at radius 1 is 0.955 bits per heavy atom. The number of ether oxygens (including phenoxy) is 1. The number of rotatable bonds is 9. The summed E-state index contributed by atoms with van der Waals surface area (Å²) < 4.78 is 5.79. The molecular weight excluding hydrogens is 546 g/mol. The normalized spacial score (nSPS) is 18.1. The number of hydrogen-bond donors (Lipinski definition) is 2. The standard InChI is InChI=1S/C37H45N5O2/c1-5-9-30(20-26(2)3)38-36(43)25-44-33-15-11-27(12-16-33)37-39-34-17-14-32(22-35(34)40(37)4)42-23-28-10-13-31(21-29(28)24-42)41-18-7-6-8-19-41/h5,9-17,20-22,26,37,39H,6-8,18-19,23-25H2,1-4H3,(H,38,43)/b9-5-,30-20+. The van der Waals surface area contributed by atoms with Crippen LogP contribution >= 0.6 is 0 Å². The van der Waals surface area contributed by atoms with E-state index in [0.29, 0.717) is 11.7 Å². The van der Waals surface area contributed by atoms with Gasteiger partial charge in [-0.15, -0.1) is 0 Å². The van der Waals surface area contributed by atoms with Gasteiger partial charge in [-0.3, -0.25) is 4.79 Å². The van der Waals surface area contributed by atoms with Crippen LogP contribution < -0.4 is 30.1 Å². The number of amides is 1. The first-order valence-corrected chi connectivity index (χ1v) is 16.0. The summed E-state index contributed by atoms with van der Waals surface area (Å²) in [7, 11) is 2.14. The number of carbonyl (C=O) groups is 1. The van der Waals surface area contributed by atoms with Crippen molar-refractivity contribution >= 4 is 28.7 Å². The van der Waals surface area contributed by atoms with Gasteiger partial charge in [0, 0.05) is 50.3 Å². The predicted octanol–water partition coefficient (Wildman–Crippen LogP) is 7.37. The second-order valence-electron chi connectivity index (χ2n) is 12.5. The molecule has 0 saturated carbocycles. The minimum absolute atomic E-state index is 0.0186. The van der Waals surface area contributed by atoms with Crippen molar-refractivity contribution in [3.05, 3.63) is 101 Å². The van der Waals surface area contributed by atoms with E-state index in [1.165, 1.54) is 60.5 Å². The monoisotopic (exact) mass is 591 g/mol. The minimum atomic E-state index is -0.175. The van der Waals surface area contributed by atoms with Crippen molar-refractivity contribution in [3.8, 4) is 5.75 Å². The van der Waals surface area contributed by atoms with Gasteiger partial charge in [0.05, 0.1) is 11.4 Å². The van der Waals surface area contributed by atoms with Crippen LogP contribution in [0.5, 0.6) is 5.75 Å². The van der Waals surface area contributed by atoms with Gasteiger partial charge in [-0.1, -0.05) is 44.2 Å². The molecule has 0 spiro atoms. The largest absolute Gasteiger partial charge is 0.484 e. The quantitative estimate of drug-likeness (QED) is 0.254. The molecule has 0 radical (unpaired) electrons. The van der Waals surface area contributed by atoms with Crippen molar-refractivity contribution in [1.82, 2.24) is 5.32 Å². The van der Waals surface area contributed by atoms with Gasteiger partial charge < -0.3 is 30.1 Å². The van der Waals surface area contributed by atoms with E-state index >= 15 is 0 Å². The van der Waals surface area contributed by atoms with Crippen LogP contribution in [0, 0.1) is 5.92 Å². The first-order chi connectivity index (χ1) is 21.4. The smallest absolute Gasteiger partial charge is 0.262 e. The fraction of sp³-hybridized carbons (Fsp3) is 0.378. The van der Waals surface area contributed by atoms with E-state index < -0.39 is 0 Å². The number of carbonyl (C=O) groups excluding carboxylic acids is 1. The van der Waals surface area contributed by atoms with Crippen LogP contribution in [0.15, 0.2) is 84.6 Å². The summed E-state index contributed by atoms with van der Waals surface area (Å²) >= 11 is 0. The summed E-state index contributed by atoms with van der Waals surface area (Å²) in [5, 5.41) is 6.61. The number of anilines is 4. The van der Waals surface area contributed by atoms with E-state index in [1.54, 1.807) is 0 Å². The molecule has 6 rings (SSSR count). The van der Waals surface area contributed by atoms with Crippen molar-refractivity contribution in [3.63, 3.8) is 0 Å². The van der Waals surface area contributed by atoms with E-state index in [2.05, 4.69) is 94.8 Å². The highest BCUT2D eigenvalue weighted by atomic mass is 16.5. The fourth-order valence-corrected chi connectivity index (χ4v) is 6.50. The molecule has 0 aliphatic carbocycles. The third-order valence-electron chi connectivity index (χ3n) is 8.75. The molecule has 1 fully saturated rings. The van der Waals surface area contributed by atoms with Crippen molar-refractivity contribution in [2.75, 3.05) is 46.8 Å². The Morgan fingerprint density at radius 2 is 1.68 bits per heavy atom. The highest BCUT2D eigenvalue weighted by Crippen LogP contribution is 2.43. The summed E-state index contributed by atoms with van der Waals surface area (Å²) in [6, 6.07) is 21.8. The first kappa shape index (κ1) is 29.7. The Morgan fingerprint density at radius 3 is 2.43 bits per heavy atom. The molecule has 1 saturated heterocycles. The molecule has 3 aliphatic rings. The Balaban J connectivity index is 1.07. The molecule has 1 atom stereocenters.